The summed E-state index contributed by atoms with van der Waals surface area (Å²) < 4.78 is 2.37. The second-order valence-electron chi connectivity index (χ2n) is 13.0. The van der Waals surface area contributed by atoms with Crippen LogP contribution in [-0.4, -0.2) is 4.57 Å². The van der Waals surface area contributed by atoms with E-state index in [9.17, 15) is 0 Å². The number of anilines is 3. The summed E-state index contributed by atoms with van der Waals surface area (Å²) in [6, 6.07) is 70.5. The standard InChI is InChI=1S/C48H32N2/c1-3-11-33(12-4-1)34-19-24-38(25-20-34)49(39-26-21-36-23-28-42-41-16-8-7-13-35(41)22-29-43(42)45(36)31-39)40-27-30-48-46(32-40)44-17-9-10-18-47(44)50(48)37-14-5-2-6-15-37/h1-32H. The maximum Gasteiger partial charge on any atom is 0.0542 e. The first-order valence-corrected chi connectivity index (χ1v) is 17.2. The monoisotopic (exact) mass is 636 g/mol. The maximum absolute atomic E-state index is 2.40. The molecule has 0 unspecified atom stereocenters. The molecule has 0 amide bonds. The number of rotatable bonds is 5. The fourth-order valence-electron chi connectivity index (χ4n) is 7.78. The minimum absolute atomic E-state index is 1.11. The number of hydrogen-bond acceptors (Lipinski definition) is 1. The fourth-order valence-corrected chi connectivity index (χ4v) is 7.78. The van der Waals surface area contributed by atoms with E-state index < -0.39 is 0 Å². The highest BCUT2D eigenvalue weighted by atomic mass is 15.1. The van der Waals surface area contributed by atoms with Crippen LogP contribution in [0.2, 0.25) is 0 Å². The van der Waals surface area contributed by atoms with Gasteiger partial charge in [0.25, 0.3) is 0 Å². The molecule has 0 N–H and O–H groups in total. The number of aromatic nitrogens is 1. The Labute approximate surface area is 290 Å². The average Bonchev–Trinajstić information content (AvgIpc) is 3.52. The smallest absolute Gasteiger partial charge is 0.0542 e. The molecule has 1 heterocycles. The predicted molar refractivity (Wildman–Crippen MR) is 213 cm³/mol. The Morgan fingerprint density at radius 2 is 0.820 bits per heavy atom. The van der Waals surface area contributed by atoms with Gasteiger partial charge in [0.05, 0.1) is 11.0 Å². The van der Waals surface area contributed by atoms with Gasteiger partial charge in [0.1, 0.15) is 0 Å². The lowest BCUT2D eigenvalue weighted by atomic mass is 9.96. The molecule has 234 valence electrons. The number of para-hydroxylation sites is 2. The number of benzene rings is 9. The third kappa shape index (κ3) is 4.57. The van der Waals surface area contributed by atoms with Crippen molar-refractivity contribution >= 4 is 71.2 Å². The van der Waals surface area contributed by atoms with Gasteiger partial charge in [-0.2, -0.15) is 0 Å². The molecule has 0 aliphatic rings. The number of hydrogen-bond donors (Lipinski definition) is 0. The van der Waals surface area contributed by atoms with Crippen molar-refractivity contribution in [1.29, 1.82) is 0 Å². The van der Waals surface area contributed by atoms with Gasteiger partial charge >= 0.3 is 0 Å². The summed E-state index contributed by atoms with van der Waals surface area (Å²) in [5.74, 6) is 0. The van der Waals surface area contributed by atoms with Gasteiger partial charge < -0.3 is 9.47 Å². The highest BCUT2D eigenvalue weighted by molar-refractivity contribution is 6.18. The highest BCUT2D eigenvalue weighted by Gasteiger charge is 2.18. The minimum atomic E-state index is 1.11. The van der Waals surface area contributed by atoms with Crippen LogP contribution in [0.3, 0.4) is 0 Å². The predicted octanol–water partition coefficient (Wildman–Crippen LogP) is 13.4. The lowest BCUT2D eigenvalue weighted by Gasteiger charge is -2.26. The van der Waals surface area contributed by atoms with Crippen LogP contribution in [0.4, 0.5) is 17.1 Å². The van der Waals surface area contributed by atoms with Gasteiger partial charge in [-0.1, -0.05) is 133 Å². The SMILES string of the molecule is c1ccc(-c2ccc(N(c3ccc4ccc5c6ccccc6ccc5c4c3)c3ccc4c(c3)c3ccccc3n4-c3ccccc3)cc2)cc1. The Balaban J connectivity index is 1.20. The van der Waals surface area contributed by atoms with Crippen LogP contribution in [0.15, 0.2) is 194 Å². The zero-order valence-corrected chi connectivity index (χ0v) is 27.4. The van der Waals surface area contributed by atoms with Crippen LogP contribution in [0.25, 0.3) is 70.9 Å². The molecule has 0 aliphatic carbocycles. The Kier molecular flexibility index (Phi) is 6.53. The lowest BCUT2D eigenvalue weighted by molar-refractivity contribution is 1.18. The molecule has 50 heavy (non-hydrogen) atoms. The minimum Gasteiger partial charge on any atom is -0.310 e. The molecule has 0 bridgehead atoms. The average molecular weight is 637 g/mol. The summed E-state index contributed by atoms with van der Waals surface area (Å²) in [5, 5.41) is 10.0. The zero-order chi connectivity index (χ0) is 33.0. The molecular formula is C48H32N2. The molecule has 9 aromatic carbocycles. The Morgan fingerprint density at radius 1 is 0.300 bits per heavy atom. The maximum atomic E-state index is 2.40. The quantitative estimate of drug-likeness (QED) is 0.171. The van der Waals surface area contributed by atoms with E-state index in [4.69, 9.17) is 0 Å². The van der Waals surface area contributed by atoms with Crippen LogP contribution < -0.4 is 4.90 Å². The fraction of sp³-hybridized carbons (Fsp3) is 0. The Hall–Kier alpha value is -6.64. The normalized spacial score (nSPS) is 11.6. The first kappa shape index (κ1) is 28.4. The van der Waals surface area contributed by atoms with Crippen molar-refractivity contribution < 1.29 is 0 Å². The highest BCUT2D eigenvalue weighted by Crippen LogP contribution is 2.42. The van der Waals surface area contributed by atoms with Crippen molar-refractivity contribution in [3.8, 4) is 16.8 Å². The van der Waals surface area contributed by atoms with E-state index in [2.05, 4.69) is 204 Å². The van der Waals surface area contributed by atoms with Crippen molar-refractivity contribution in [1.82, 2.24) is 4.57 Å². The second kappa shape index (κ2) is 11.5. The molecule has 0 saturated carbocycles. The van der Waals surface area contributed by atoms with Gasteiger partial charge in [-0.25, -0.2) is 0 Å². The summed E-state index contributed by atoms with van der Waals surface area (Å²) in [6.45, 7) is 0. The van der Waals surface area contributed by atoms with Crippen LogP contribution in [0, 0.1) is 0 Å². The van der Waals surface area contributed by atoms with Gasteiger partial charge in [0.15, 0.2) is 0 Å². The lowest BCUT2D eigenvalue weighted by Crippen LogP contribution is -2.10. The Bertz CT molecular complexity index is 2850. The van der Waals surface area contributed by atoms with Crippen LogP contribution in [-0.2, 0) is 0 Å². The molecule has 0 fully saturated rings. The van der Waals surface area contributed by atoms with E-state index >= 15 is 0 Å². The summed E-state index contributed by atoms with van der Waals surface area (Å²) in [6.07, 6.45) is 0. The first-order chi connectivity index (χ1) is 24.8. The summed E-state index contributed by atoms with van der Waals surface area (Å²) in [5.41, 5.74) is 9.32. The molecule has 0 atom stereocenters. The second-order valence-corrected chi connectivity index (χ2v) is 13.0. The van der Waals surface area contributed by atoms with E-state index in [1.165, 1.54) is 65.3 Å². The van der Waals surface area contributed by atoms with Crippen LogP contribution >= 0.6 is 0 Å². The Morgan fingerprint density at radius 3 is 1.60 bits per heavy atom. The summed E-state index contributed by atoms with van der Waals surface area (Å²) in [7, 11) is 0. The van der Waals surface area contributed by atoms with E-state index in [-0.39, 0.29) is 0 Å². The molecular weight excluding hydrogens is 605 g/mol. The van der Waals surface area contributed by atoms with E-state index in [0.29, 0.717) is 0 Å². The third-order valence-electron chi connectivity index (χ3n) is 10.1. The molecule has 2 nitrogen and oxygen atoms in total. The topological polar surface area (TPSA) is 8.17 Å². The van der Waals surface area contributed by atoms with Gasteiger partial charge in [-0.05, 0) is 104 Å². The van der Waals surface area contributed by atoms with Gasteiger partial charge in [-0.15, -0.1) is 0 Å². The van der Waals surface area contributed by atoms with Crippen molar-refractivity contribution in [2.45, 2.75) is 0 Å². The van der Waals surface area contributed by atoms with Crippen LogP contribution in [0.1, 0.15) is 0 Å². The van der Waals surface area contributed by atoms with E-state index in [1.54, 1.807) is 0 Å². The molecule has 0 aliphatic heterocycles. The van der Waals surface area contributed by atoms with Crippen molar-refractivity contribution in [3.63, 3.8) is 0 Å². The third-order valence-corrected chi connectivity index (χ3v) is 10.1. The van der Waals surface area contributed by atoms with Gasteiger partial charge in [-0.3, -0.25) is 0 Å². The van der Waals surface area contributed by atoms with Crippen molar-refractivity contribution in [3.05, 3.63) is 194 Å². The number of fused-ring (bicyclic) bond motifs is 8. The van der Waals surface area contributed by atoms with E-state index in [0.717, 1.165) is 22.7 Å². The van der Waals surface area contributed by atoms with E-state index in [1.807, 2.05) is 0 Å². The summed E-state index contributed by atoms with van der Waals surface area (Å²) in [4.78, 5) is 2.40. The van der Waals surface area contributed by atoms with Gasteiger partial charge in [0.2, 0.25) is 0 Å². The molecule has 10 rings (SSSR count). The van der Waals surface area contributed by atoms with Crippen molar-refractivity contribution in [2.24, 2.45) is 0 Å². The molecule has 0 radical (unpaired) electrons. The molecule has 2 heteroatoms. The van der Waals surface area contributed by atoms with Gasteiger partial charge in [0, 0.05) is 33.5 Å². The van der Waals surface area contributed by atoms with Crippen molar-refractivity contribution in [2.75, 3.05) is 4.90 Å². The largest absolute Gasteiger partial charge is 0.310 e. The molecule has 0 spiro atoms. The summed E-state index contributed by atoms with van der Waals surface area (Å²) >= 11 is 0. The molecule has 1 aromatic heterocycles. The first-order valence-electron chi connectivity index (χ1n) is 17.2. The molecule has 0 saturated heterocycles. The van der Waals surface area contributed by atoms with Crippen LogP contribution in [0.5, 0.6) is 0 Å². The number of nitrogens with zero attached hydrogens (tertiary/aromatic N) is 2. The molecule has 10 aromatic rings. The zero-order valence-electron chi connectivity index (χ0n) is 27.4.